The summed E-state index contributed by atoms with van der Waals surface area (Å²) in [6.45, 7) is 1.95. The van der Waals surface area contributed by atoms with E-state index >= 15 is 0 Å². The molecular weight excluding hydrogens is 479 g/mol. The largest absolute Gasteiger partial charge is 0.497 e. The lowest BCUT2D eigenvalue weighted by atomic mass is 10.0. The van der Waals surface area contributed by atoms with Crippen molar-refractivity contribution >= 4 is 23.1 Å². The first-order valence-corrected chi connectivity index (χ1v) is 12.0. The second-order valence-corrected chi connectivity index (χ2v) is 8.74. The Hall–Kier alpha value is -5.04. The number of nitrogens with one attached hydrogen (secondary N) is 2. The van der Waals surface area contributed by atoms with Crippen molar-refractivity contribution in [3.05, 3.63) is 120 Å². The fourth-order valence-electron chi connectivity index (χ4n) is 4.06. The summed E-state index contributed by atoms with van der Waals surface area (Å²) in [6.07, 6.45) is 5.25. The monoisotopic (exact) mass is 504 g/mol. The zero-order chi connectivity index (χ0) is 26.5. The molecule has 0 fully saturated rings. The molecular formula is C31H25FN4O2. The first kappa shape index (κ1) is 24.6. The molecule has 3 aromatic carbocycles. The summed E-state index contributed by atoms with van der Waals surface area (Å²) in [5.74, 6) is 0.554. The van der Waals surface area contributed by atoms with Crippen LogP contribution in [0.4, 0.5) is 21.6 Å². The quantitative estimate of drug-likeness (QED) is 0.244. The normalized spacial score (nSPS) is 10.6. The summed E-state index contributed by atoms with van der Waals surface area (Å²) < 4.78 is 19.6. The zero-order valence-corrected chi connectivity index (χ0v) is 20.9. The molecule has 0 unspecified atom stereocenters. The van der Waals surface area contributed by atoms with Gasteiger partial charge in [0.25, 0.3) is 5.91 Å². The van der Waals surface area contributed by atoms with E-state index in [1.807, 2.05) is 49.4 Å². The number of ether oxygens (including phenoxy) is 1. The molecule has 2 heterocycles. The van der Waals surface area contributed by atoms with E-state index in [0.29, 0.717) is 28.4 Å². The molecule has 2 aromatic heterocycles. The van der Waals surface area contributed by atoms with Crippen LogP contribution >= 0.6 is 0 Å². The highest BCUT2D eigenvalue weighted by Gasteiger charge is 2.12. The lowest BCUT2D eigenvalue weighted by Crippen LogP contribution is -2.12. The summed E-state index contributed by atoms with van der Waals surface area (Å²) in [5, 5.41) is 6.13. The van der Waals surface area contributed by atoms with Gasteiger partial charge in [-0.2, -0.15) is 0 Å². The van der Waals surface area contributed by atoms with Gasteiger partial charge in [-0.05, 0) is 89.8 Å². The van der Waals surface area contributed by atoms with Crippen LogP contribution in [0.2, 0.25) is 0 Å². The maximum Gasteiger partial charge on any atom is 0.255 e. The van der Waals surface area contributed by atoms with Gasteiger partial charge in [-0.25, -0.2) is 9.37 Å². The van der Waals surface area contributed by atoms with Gasteiger partial charge in [-0.1, -0.05) is 24.3 Å². The van der Waals surface area contributed by atoms with E-state index in [1.165, 1.54) is 12.1 Å². The van der Waals surface area contributed by atoms with Crippen molar-refractivity contribution in [3.8, 4) is 28.0 Å². The van der Waals surface area contributed by atoms with Crippen LogP contribution in [-0.4, -0.2) is 23.0 Å². The average molecular weight is 505 g/mol. The number of anilines is 3. The number of methoxy groups -OCH3 is 1. The maximum absolute atomic E-state index is 14.4. The molecule has 188 valence electrons. The summed E-state index contributed by atoms with van der Waals surface area (Å²) in [6, 6.07) is 24.8. The van der Waals surface area contributed by atoms with E-state index in [0.717, 1.165) is 27.9 Å². The SMILES string of the molecule is COc1ccc(-c2cc(F)cc(NC(=O)c3ccc(C)c(Nc4cc(-c5cccnc5)ccn4)c3)c2)cc1. The molecule has 5 aromatic rings. The van der Waals surface area contributed by atoms with Crippen molar-refractivity contribution in [2.24, 2.45) is 0 Å². The third-order valence-corrected chi connectivity index (χ3v) is 6.10. The van der Waals surface area contributed by atoms with Crippen LogP contribution < -0.4 is 15.4 Å². The molecule has 0 aliphatic heterocycles. The Morgan fingerprint density at radius 2 is 1.68 bits per heavy atom. The first-order valence-electron chi connectivity index (χ1n) is 12.0. The van der Waals surface area contributed by atoms with Gasteiger partial charge in [0, 0.05) is 41.1 Å². The van der Waals surface area contributed by atoms with Gasteiger partial charge in [0.2, 0.25) is 0 Å². The van der Waals surface area contributed by atoms with Crippen LogP contribution in [0, 0.1) is 12.7 Å². The number of amides is 1. The van der Waals surface area contributed by atoms with E-state index in [4.69, 9.17) is 4.74 Å². The van der Waals surface area contributed by atoms with Crippen molar-refractivity contribution in [1.82, 2.24) is 9.97 Å². The topological polar surface area (TPSA) is 76.1 Å². The smallest absolute Gasteiger partial charge is 0.255 e. The minimum absolute atomic E-state index is 0.351. The van der Waals surface area contributed by atoms with Crippen LogP contribution in [0.3, 0.4) is 0 Å². The Balaban J connectivity index is 1.36. The number of aryl methyl sites for hydroxylation is 1. The second kappa shape index (κ2) is 10.9. The van der Waals surface area contributed by atoms with Crippen LogP contribution in [0.25, 0.3) is 22.3 Å². The van der Waals surface area contributed by atoms with Crippen molar-refractivity contribution < 1.29 is 13.9 Å². The summed E-state index contributed by atoms with van der Waals surface area (Å²) >= 11 is 0. The van der Waals surface area contributed by atoms with Crippen LogP contribution in [0.5, 0.6) is 5.75 Å². The molecule has 7 heteroatoms. The number of nitrogens with zero attached hydrogens (tertiary/aromatic N) is 2. The Labute approximate surface area is 220 Å². The van der Waals surface area contributed by atoms with Gasteiger partial charge < -0.3 is 15.4 Å². The van der Waals surface area contributed by atoms with Crippen LogP contribution in [0.1, 0.15) is 15.9 Å². The van der Waals surface area contributed by atoms with Crippen LogP contribution in [0.15, 0.2) is 104 Å². The molecule has 0 saturated carbocycles. The molecule has 2 N–H and O–H groups in total. The molecule has 1 amide bonds. The van der Waals surface area contributed by atoms with Gasteiger partial charge in [-0.3, -0.25) is 9.78 Å². The fourth-order valence-corrected chi connectivity index (χ4v) is 4.06. The number of carbonyl (C=O) groups is 1. The number of halogens is 1. The summed E-state index contributed by atoms with van der Waals surface area (Å²) in [4.78, 5) is 21.7. The average Bonchev–Trinajstić information content (AvgIpc) is 2.94. The molecule has 5 rings (SSSR count). The van der Waals surface area contributed by atoms with E-state index in [-0.39, 0.29) is 5.91 Å². The Morgan fingerprint density at radius 3 is 2.45 bits per heavy atom. The fraction of sp³-hybridized carbons (Fsp3) is 0.0645. The lowest BCUT2D eigenvalue weighted by Gasteiger charge is -2.13. The van der Waals surface area contributed by atoms with Gasteiger partial charge in [0.1, 0.15) is 17.4 Å². The van der Waals surface area contributed by atoms with Crippen molar-refractivity contribution in [2.75, 3.05) is 17.7 Å². The Bertz CT molecular complexity index is 1590. The van der Waals surface area contributed by atoms with E-state index in [2.05, 4.69) is 20.6 Å². The predicted octanol–water partition coefficient (Wildman–Crippen LogP) is 7.26. The zero-order valence-electron chi connectivity index (χ0n) is 20.9. The van der Waals surface area contributed by atoms with Crippen molar-refractivity contribution in [1.29, 1.82) is 0 Å². The highest BCUT2D eigenvalue weighted by atomic mass is 19.1. The number of benzene rings is 3. The number of aromatic nitrogens is 2. The van der Waals surface area contributed by atoms with Gasteiger partial charge >= 0.3 is 0 Å². The third kappa shape index (κ3) is 5.68. The van der Waals surface area contributed by atoms with Crippen molar-refractivity contribution in [2.45, 2.75) is 6.92 Å². The summed E-state index contributed by atoms with van der Waals surface area (Å²) in [5.41, 5.74) is 5.89. The lowest BCUT2D eigenvalue weighted by molar-refractivity contribution is 0.102. The highest BCUT2D eigenvalue weighted by molar-refractivity contribution is 6.05. The Morgan fingerprint density at radius 1 is 0.842 bits per heavy atom. The second-order valence-electron chi connectivity index (χ2n) is 8.74. The summed E-state index contributed by atoms with van der Waals surface area (Å²) in [7, 11) is 1.59. The molecule has 0 bridgehead atoms. The van der Waals surface area contributed by atoms with Gasteiger partial charge in [0.15, 0.2) is 0 Å². The first-order chi connectivity index (χ1) is 18.5. The molecule has 0 aliphatic carbocycles. The standard InChI is InChI=1S/C31H25FN4O2/c1-20-5-6-23(16-29(20)36-30-17-22(11-13-34-30)24-4-3-12-33-19-24)31(37)35-27-15-25(14-26(32)18-27)21-7-9-28(38-2)10-8-21/h3-19H,1-2H3,(H,34,36)(H,35,37). The highest BCUT2D eigenvalue weighted by Crippen LogP contribution is 2.28. The number of hydrogen-bond acceptors (Lipinski definition) is 5. The molecule has 0 radical (unpaired) electrons. The van der Waals surface area contributed by atoms with E-state index in [1.54, 1.807) is 56.0 Å². The van der Waals surface area contributed by atoms with Gasteiger partial charge in [0.05, 0.1) is 7.11 Å². The molecule has 0 spiro atoms. The Kier molecular flexibility index (Phi) is 7.08. The predicted molar refractivity (Wildman–Crippen MR) is 148 cm³/mol. The molecule has 38 heavy (non-hydrogen) atoms. The van der Waals surface area contributed by atoms with Gasteiger partial charge in [-0.15, -0.1) is 0 Å². The minimum atomic E-state index is -0.445. The van der Waals surface area contributed by atoms with Crippen LogP contribution in [-0.2, 0) is 0 Å². The molecule has 6 nitrogen and oxygen atoms in total. The van der Waals surface area contributed by atoms with E-state index in [9.17, 15) is 9.18 Å². The van der Waals surface area contributed by atoms with Crippen molar-refractivity contribution in [3.63, 3.8) is 0 Å². The molecule has 0 aliphatic rings. The number of rotatable bonds is 7. The van der Waals surface area contributed by atoms with E-state index < -0.39 is 5.82 Å². The molecule has 0 saturated heterocycles. The molecule has 0 atom stereocenters. The maximum atomic E-state index is 14.4. The number of pyridine rings is 2. The third-order valence-electron chi connectivity index (χ3n) is 6.10. The minimum Gasteiger partial charge on any atom is -0.497 e. The number of carbonyl (C=O) groups excluding carboxylic acids is 1. The number of hydrogen-bond donors (Lipinski definition) is 2.